The van der Waals surface area contributed by atoms with Crippen molar-refractivity contribution in [2.75, 3.05) is 4.31 Å². The number of fused-ring (bicyclic) bond motifs is 1. The van der Waals surface area contributed by atoms with Gasteiger partial charge in [-0.15, -0.1) is 11.3 Å². The Kier molecular flexibility index (Phi) is 9.35. The third-order valence-electron chi connectivity index (χ3n) is 6.59. The molecule has 1 heterocycles. The summed E-state index contributed by atoms with van der Waals surface area (Å²) in [5.74, 6) is -0.496. The van der Waals surface area contributed by atoms with E-state index in [1.54, 1.807) is 53.9 Å². The van der Waals surface area contributed by atoms with Gasteiger partial charge in [0.15, 0.2) is 5.75 Å². The van der Waals surface area contributed by atoms with Gasteiger partial charge in [0.05, 0.1) is 17.1 Å². The van der Waals surface area contributed by atoms with E-state index < -0.39 is 31.4 Å². The third kappa shape index (κ3) is 6.87. The molecular weight excluding hydrogens is 596 g/mol. The van der Waals surface area contributed by atoms with Gasteiger partial charge in [-0.25, -0.2) is 8.42 Å². The summed E-state index contributed by atoms with van der Waals surface area (Å²) in [7, 11) is -10.3. The molecular formula is C29H30F3NO5S3. The third-order valence-corrected chi connectivity index (χ3v) is 10.2. The molecule has 0 amide bonds. The fourth-order valence-corrected chi connectivity index (χ4v) is 7.24. The number of anilines is 1. The van der Waals surface area contributed by atoms with Gasteiger partial charge < -0.3 is 4.18 Å². The highest BCUT2D eigenvalue weighted by Crippen LogP contribution is 2.44. The normalized spacial score (nSPS) is 12.5. The topological polar surface area (TPSA) is 80.8 Å². The summed E-state index contributed by atoms with van der Waals surface area (Å²) < 4.78 is 99.8. The first-order chi connectivity index (χ1) is 19.3. The molecule has 0 aliphatic rings. The molecule has 4 rings (SSSR count). The lowest BCUT2D eigenvalue weighted by molar-refractivity contribution is -0.0499. The molecule has 0 bridgehead atoms. The number of alkyl halides is 3. The van der Waals surface area contributed by atoms with Gasteiger partial charge in [0.2, 0.25) is 0 Å². The maximum Gasteiger partial charge on any atom is 0.534 e. The summed E-state index contributed by atoms with van der Waals surface area (Å²) in [5, 5.41) is 1.77. The van der Waals surface area contributed by atoms with Gasteiger partial charge in [0.1, 0.15) is 0 Å². The van der Waals surface area contributed by atoms with Crippen molar-refractivity contribution < 1.29 is 34.2 Å². The summed E-state index contributed by atoms with van der Waals surface area (Å²) in [6.07, 6.45) is 3.06. The zero-order valence-corrected chi connectivity index (χ0v) is 25.0. The molecule has 0 spiro atoms. The number of hydrogen-bond donors (Lipinski definition) is 0. The minimum atomic E-state index is -6.03. The van der Waals surface area contributed by atoms with Crippen molar-refractivity contribution in [3.8, 4) is 5.75 Å². The fraction of sp³-hybridized carbons (Fsp3) is 0.310. The van der Waals surface area contributed by atoms with E-state index in [-0.39, 0.29) is 34.5 Å². The standard InChI is InChI=1S/C29H30F3NO5S3/c1-3-4-5-9-12-24-26(19-27-25(17-18-39-27)28(24)38-41(36,37)29(30,31)32)33(20-22-10-7-6-8-11-22)40(34,35)23-15-13-21(2)14-16-23/h6-8,10-11,13-19H,3-5,9,12,20H2,1-2H3. The van der Waals surface area contributed by atoms with Crippen molar-refractivity contribution in [1.82, 2.24) is 0 Å². The molecule has 0 fully saturated rings. The second-order valence-corrected chi connectivity index (χ2v) is 14.0. The van der Waals surface area contributed by atoms with Crippen LogP contribution in [0.15, 0.2) is 77.0 Å². The molecule has 4 aromatic rings. The van der Waals surface area contributed by atoms with Crippen LogP contribution in [0, 0.1) is 6.92 Å². The van der Waals surface area contributed by atoms with Gasteiger partial charge in [-0.3, -0.25) is 4.31 Å². The van der Waals surface area contributed by atoms with Gasteiger partial charge in [0.25, 0.3) is 10.0 Å². The van der Waals surface area contributed by atoms with Crippen LogP contribution in [-0.2, 0) is 33.1 Å². The Morgan fingerprint density at radius 1 is 0.902 bits per heavy atom. The lowest BCUT2D eigenvalue weighted by atomic mass is 10.0. The largest absolute Gasteiger partial charge is 0.534 e. The van der Waals surface area contributed by atoms with Crippen LogP contribution in [0.25, 0.3) is 10.1 Å². The van der Waals surface area contributed by atoms with Crippen LogP contribution < -0.4 is 8.49 Å². The number of aryl methyl sites for hydroxylation is 1. The molecule has 0 atom stereocenters. The van der Waals surface area contributed by atoms with Gasteiger partial charge >= 0.3 is 15.6 Å². The second kappa shape index (κ2) is 12.4. The van der Waals surface area contributed by atoms with Crippen LogP contribution in [-0.4, -0.2) is 22.3 Å². The summed E-state index contributed by atoms with van der Waals surface area (Å²) >= 11 is 1.14. The van der Waals surface area contributed by atoms with E-state index in [2.05, 4.69) is 0 Å². The number of nitrogens with zero attached hydrogens (tertiary/aromatic N) is 1. The first-order valence-electron chi connectivity index (χ1n) is 13.0. The van der Waals surface area contributed by atoms with Crippen molar-refractivity contribution in [2.45, 2.75) is 62.9 Å². The first-order valence-corrected chi connectivity index (χ1v) is 16.7. The highest BCUT2D eigenvalue weighted by Gasteiger charge is 2.49. The SMILES string of the molecule is CCCCCCc1c(N(Cc2ccccc2)S(=O)(=O)c2ccc(C)cc2)cc2sccc2c1OS(=O)(=O)C(F)(F)F. The number of rotatable bonds is 12. The van der Waals surface area contributed by atoms with Crippen molar-refractivity contribution >= 4 is 47.3 Å². The van der Waals surface area contributed by atoms with E-state index in [9.17, 15) is 30.0 Å². The summed E-state index contributed by atoms with van der Waals surface area (Å²) in [4.78, 5) is -0.00683. The molecule has 6 nitrogen and oxygen atoms in total. The lowest BCUT2D eigenvalue weighted by Crippen LogP contribution is -2.32. The van der Waals surface area contributed by atoms with Crippen molar-refractivity contribution in [1.29, 1.82) is 0 Å². The number of sulfonamides is 1. The number of hydrogen-bond acceptors (Lipinski definition) is 6. The molecule has 1 aromatic heterocycles. The molecule has 0 unspecified atom stereocenters. The maximum atomic E-state index is 14.2. The summed E-state index contributed by atoms with van der Waals surface area (Å²) in [6.45, 7) is 3.69. The predicted molar refractivity (Wildman–Crippen MR) is 156 cm³/mol. The monoisotopic (exact) mass is 625 g/mol. The average molecular weight is 626 g/mol. The van der Waals surface area contributed by atoms with Gasteiger partial charge in [0, 0.05) is 15.6 Å². The van der Waals surface area contributed by atoms with Crippen LogP contribution >= 0.6 is 11.3 Å². The molecule has 0 aliphatic heterocycles. The highest BCUT2D eigenvalue weighted by molar-refractivity contribution is 7.92. The van der Waals surface area contributed by atoms with Crippen LogP contribution in [0.1, 0.15) is 49.3 Å². The Bertz CT molecular complexity index is 1700. The van der Waals surface area contributed by atoms with E-state index in [4.69, 9.17) is 4.18 Å². The Labute approximate surface area is 242 Å². The van der Waals surface area contributed by atoms with Crippen molar-refractivity contribution in [3.05, 3.63) is 88.8 Å². The minimum absolute atomic E-state index is 0.00683. The molecule has 0 saturated carbocycles. The number of benzene rings is 3. The van der Waals surface area contributed by atoms with E-state index in [1.165, 1.54) is 18.2 Å². The zero-order valence-electron chi connectivity index (χ0n) is 22.5. The zero-order chi connectivity index (χ0) is 29.8. The molecule has 220 valence electrons. The summed E-state index contributed by atoms with van der Waals surface area (Å²) in [5.41, 5.74) is -4.01. The Hall–Kier alpha value is -3.09. The quantitative estimate of drug-likeness (QED) is 0.0907. The fourth-order valence-electron chi connectivity index (χ4n) is 4.44. The average Bonchev–Trinajstić information content (AvgIpc) is 3.39. The van der Waals surface area contributed by atoms with Crippen molar-refractivity contribution in [3.63, 3.8) is 0 Å². The molecule has 41 heavy (non-hydrogen) atoms. The van der Waals surface area contributed by atoms with Crippen LogP contribution in [0.5, 0.6) is 5.75 Å². The number of unbranched alkanes of at least 4 members (excludes halogenated alkanes) is 3. The molecule has 12 heteroatoms. The highest BCUT2D eigenvalue weighted by atomic mass is 32.2. The van der Waals surface area contributed by atoms with E-state index in [0.717, 1.165) is 34.0 Å². The Balaban J connectivity index is 2.00. The Morgan fingerprint density at radius 3 is 2.22 bits per heavy atom. The maximum absolute atomic E-state index is 14.2. The van der Waals surface area contributed by atoms with Crippen molar-refractivity contribution in [2.24, 2.45) is 0 Å². The molecule has 3 aromatic carbocycles. The summed E-state index contributed by atoms with van der Waals surface area (Å²) in [6, 6.07) is 18.1. The predicted octanol–water partition coefficient (Wildman–Crippen LogP) is 7.96. The van der Waals surface area contributed by atoms with Crippen LogP contribution in [0.2, 0.25) is 0 Å². The molecule has 0 N–H and O–H groups in total. The van der Waals surface area contributed by atoms with Gasteiger partial charge in [-0.05, 0) is 55.0 Å². The lowest BCUT2D eigenvalue weighted by Gasteiger charge is -2.28. The first kappa shape index (κ1) is 30.9. The second-order valence-electron chi connectivity index (χ2n) is 9.64. The number of thiophene rings is 1. The van der Waals surface area contributed by atoms with Gasteiger partial charge in [-0.2, -0.15) is 21.6 Å². The van der Waals surface area contributed by atoms with Gasteiger partial charge in [-0.1, -0.05) is 74.2 Å². The van der Waals surface area contributed by atoms with E-state index in [0.29, 0.717) is 23.1 Å². The van der Waals surface area contributed by atoms with Crippen LogP contribution in [0.4, 0.5) is 18.9 Å². The Morgan fingerprint density at radius 2 is 1.59 bits per heavy atom. The van der Waals surface area contributed by atoms with Crippen LogP contribution in [0.3, 0.4) is 0 Å². The number of halogens is 3. The minimum Gasteiger partial charge on any atom is -0.375 e. The smallest absolute Gasteiger partial charge is 0.375 e. The molecule has 0 saturated heterocycles. The van der Waals surface area contributed by atoms with E-state index in [1.807, 2.05) is 13.8 Å². The van der Waals surface area contributed by atoms with E-state index >= 15 is 0 Å². The molecule has 0 radical (unpaired) electrons. The molecule has 0 aliphatic carbocycles.